The highest BCUT2D eigenvalue weighted by molar-refractivity contribution is 5.97. The standard InChI is InChI=1S/C28H30FN3O4/c1-3-36-27(34)14-13-26(33)30-15-17-31(18-16-30)28(35)24-19-25(21-9-11-22(29)12-10-21)32(20(24)2)23-7-5-4-6-8-23/h4-12,19H,3,13-18H2,1-2H3. The summed E-state index contributed by atoms with van der Waals surface area (Å²) < 4.78 is 20.5. The molecule has 0 spiro atoms. The van der Waals surface area contributed by atoms with E-state index in [1.165, 1.54) is 12.1 Å². The van der Waals surface area contributed by atoms with Crippen LogP contribution >= 0.6 is 0 Å². The third kappa shape index (κ3) is 5.48. The molecular formula is C28H30FN3O4. The molecule has 188 valence electrons. The molecule has 8 heteroatoms. The zero-order valence-corrected chi connectivity index (χ0v) is 20.6. The Hall–Kier alpha value is -3.94. The van der Waals surface area contributed by atoms with Gasteiger partial charge in [0.25, 0.3) is 5.91 Å². The molecule has 2 heterocycles. The van der Waals surface area contributed by atoms with Gasteiger partial charge >= 0.3 is 5.97 Å². The molecule has 4 rings (SSSR count). The predicted molar refractivity (Wildman–Crippen MR) is 134 cm³/mol. The van der Waals surface area contributed by atoms with Crippen LogP contribution in [0.5, 0.6) is 0 Å². The van der Waals surface area contributed by atoms with Crippen LogP contribution in [0, 0.1) is 12.7 Å². The second-order valence-electron chi connectivity index (χ2n) is 8.68. The summed E-state index contributed by atoms with van der Waals surface area (Å²) in [6.45, 7) is 5.57. The molecule has 36 heavy (non-hydrogen) atoms. The number of amides is 2. The van der Waals surface area contributed by atoms with Crippen LogP contribution in [0.1, 0.15) is 35.8 Å². The Balaban J connectivity index is 1.52. The van der Waals surface area contributed by atoms with Crippen molar-refractivity contribution in [1.29, 1.82) is 0 Å². The molecule has 1 aromatic heterocycles. The molecule has 1 aliphatic rings. The van der Waals surface area contributed by atoms with E-state index in [0.29, 0.717) is 38.3 Å². The first kappa shape index (κ1) is 25.2. The second-order valence-corrected chi connectivity index (χ2v) is 8.68. The molecule has 1 aliphatic heterocycles. The van der Waals surface area contributed by atoms with E-state index in [1.807, 2.05) is 47.9 Å². The molecule has 0 unspecified atom stereocenters. The van der Waals surface area contributed by atoms with Crippen LogP contribution in [0.15, 0.2) is 60.7 Å². The van der Waals surface area contributed by atoms with Gasteiger partial charge in [0.05, 0.1) is 24.3 Å². The number of piperazine rings is 1. The summed E-state index contributed by atoms with van der Waals surface area (Å²) in [4.78, 5) is 41.0. The quantitative estimate of drug-likeness (QED) is 0.464. The van der Waals surface area contributed by atoms with E-state index in [9.17, 15) is 18.8 Å². The summed E-state index contributed by atoms with van der Waals surface area (Å²) in [5.74, 6) is -0.918. The van der Waals surface area contributed by atoms with Crippen LogP contribution < -0.4 is 0 Å². The van der Waals surface area contributed by atoms with Gasteiger partial charge in [-0.25, -0.2) is 4.39 Å². The largest absolute Gasteiger partial charge is 0.466 e. The van der Waals surface area contributed by atoms with E-state index >= 15 is 0 Å². The first-order chi connectivity index (χ1) is 17.4. The minimum absolute atomic E-state index is 0.0597. The summed E-state index contributed by atoms with van der Waals surface area (Å²) in [5.41, 5.74) is 3.87. The lowest BCUT2D eigenvalue weighted by Gasteiger charge is -2.34. The van der Waals surface area contributed by atoms with E-state index in [-0.39, 0.29) is 36.4 Å². The van der Waals surface area contributed by atoms with Gasteiger partial charge in [-0.1, -0.05) is 18.2 Å². The van der Waals surface area contributed by atoms with Gasteiger partial charge in [0, 0.05) is 44.0 Å². The molecule has 0 bridgehead atoms. The second kappa shape index (κ2) is 11.2. The van der Waals surface area contributed by atoms with Gasteiger partial charge in [0.1, 0.15) is 5.82 Å². The number of carbonyl (C=O) groups excluding carboxylic acids is 3. The van der Waals surface area contributed by atoms with Gasteiger partial charge in [-0.3, -0.25) is 14.4 Å². The molecule has 0 atom stereocenters. The van der Waals surface area contributed by atoms with Crippen LogP contribution in [0.2, 0.25) is 0 Å². The Morgan fingerprint density at radius 3 is 2.17 bits per heavy atom. The number of benzene rings is 2. The SMILES string of the molecule is CCOC(=O)CCC(=O)N1CCN(C(=O)c2cc(-c3ccc(F)cc3)n(-c3ccccc3)c2C)CC1. The van der Waals surface area contributed by atoms with E-state index in [1.54, 1.807) is 28.9 Å². The Morgan fingerprint density at radius 1 is 0.889 bits per heavy atom. The lowest BCUT2D eigenvalue weighted by molar-refractivity contribution is -0.146. The first-order valence-corrected chi connectivity index (χ1v) is 12.2. The van der Waals surface area contributed by atoms with Crippen LogP contribution in [-0.2, 0) is 14.3 Å². The smallest absolute Gasteiger partial charge is 0.306 e. The zero-order valence-electron chi connectivity index (χ0n) is 20.6. The molecule has 1 fully saturated rings. The Morgan fingerprint density at radius 2 is 1.53 bits per heavy atom. The number of para-hydroxylation sites is 1. The minimum atomic E-state index is -0.380. The zero-order chi connectivity index (χ0) is 25.7. The van der Waals surface area contributed by atoms with Crippen molar-refractivity contribution >= 4 is 17.8 Å². The highest BCUT2D eigenvalue weighted by Gasteiger charge is 2.28. The normalized spacial score (nSPS) is 13.5. The fraction of sp³-hybridized carbons (Fsp3) is 0.321. The predicted octanol–water partition coefficient (Wildman–Crippen LogP) is 4.22. The summed E-state index contributed by atoms with van der Waals surface area (Å²) in [6.07, 6.45) is 0.164. The monoisotopic (exact) mass is 491 g/mol. The molecule has 0 radical (unpaired) electrons. The molecule has 0 saturated carbocycles. The van der Waals surface area contributed by atoms with Gasteiger partial charge in [-0.15, -0.1) is 0 Å². The van der Waals surface area contributed by atoms with E-state index in [2.05, 4.69) is 0 Å². The number of nitrogens with zero attached hydrogens (tertiary/aromatic N) is 3. The van der Waals surface area contributed by atoms with Crippen molar-refractivity contribution in [3.05, 3.63) is 77.7 Å². The Kier molecular flexibility index (Phi) is 7.83. The van der Waals surface area contributed by atoms with Crippen molar-refractivity contribution in [2.24, 2.45) is 0 Å². The molecule has 0 aliphatic carbocycles. The van der Waals surface area contributed by atoms with Gasteiger partial charge in [0.2, 0.25) is 5.91 Å². The summed E-state index contributed by atoms with van der Waals surface area (Å²) in [6, 6.07) is 17.8. The Labute approximate surface area is 210 Å². The lowest BCUT2D eigenvalue weighted by Crippen LogP contribution is -2.50. The summed E-state index contributed by atoms with van der Waals surface area (Å²) >= 11 is 0. The lowest BCUT2D eigenvalue weighted by atomic mass is 10.1. The minimum Gasteiger partial charge on any atom is -0.466 e. The van der Waals surface area contributed by atoms with E-state index in [4.69, 9.17) is 4.74 Å². The molecular weight excluding hydrogens is 461 g/mol. The highest BCUT2D eigenvalue weighted by Crippen LogP contribution is 2.30. The van der Waals surface area contributed by atoms with Crippen LogP contribution in [0.3, 0.4) is 0 Å². The number of halogens is 1. The molecule has 1 saturated heterocycles. The van der Waals surface area contributed by atoms with Crippen molar-refractivity contribution in [3.8, 4) is 16.9 Å². The van der Waals surface area contributed by atoms with Crippen LogP contribution in [0.25, 0.3) is 16.9 Å². The van der Waals surface area contributed by atoms with Crippen molar-refractivity contribution in [2.75, 3.05) is 32.8 Å². The summed E-state index contributed by atoms with van der Waals surface area (Å²) in [5, 5.41) is 0. The maximum Gasteiger partial charge on any atom is 0.306 e. The van der Waals surface area contributed by atoms with Gasteiger partial charge in [0.15, 0.2) is 0 Å². The van der Waals surface area contributed by atoms with Crippen molar-refractivity contribution < 1.29 is 23.5 Å². The highest BCUT2D eigenvalue weighted by atomic mass is 19.1. The number of aromatic nitrogens is 1. The molecule has 0 N–H and O–H groups in total. The van der Waals surface area contributed by atoms with Gasteiger partial charge in [-0.05, 0) is 61.9 Å². The maximum absolute atomic E-state index is 13.6. The van der Waals surface area contributed by atoms with Crippen LogP contribution in [0.4, 0.5) is 4.39 Å². The van der Waals surface area contributed by atoms with Crippen molar-refractivity contribution in [1.82, 2.24) is 14.4 Å². The van der Waals surface area contributed by atoms with Crippen molar-refractivity contribution in [2.45, 2.75) is 26.7 Å². The van der Waals surface area contributed by atoms with Crippen molar-refractivity contribution in [3.63, 3.8) is 0 Å². The number of hydrogen-bond donors (Lipinski definition) is 0. The topological polar surface area (TPSA) is 71.9 Å². The first-order valence-electron chi connectivity index (χ1n) is 12.2. The average molecular weight is 492 g/mol. The number of hydrogen-bond acceptors (Lipinski definition) is 4. The number of esters is 1. The Bertz CT molecular complexity index is 1230. The number of rotatable bonds is 7. The van der Waals surface area contributed by atoms with Gasteiger partial charge < -0.3 is 19.1 Å². The molecule has 2 aromatic carbocycles. The fourth-order valence-corrected chi connectivity index (χ4v) is 4.50. The van der Waals surface area contributed by atoms with E-state index < -0.39 is 0 Å². The molecule has 3 aromatic rings. The maximum atomic E-state index is 13.6. The van der Waals surface area contributed by atoms with Gasteiger partial charge in [-0.2, -0.15) is 0 Å². The molecule has 7 nitrogen and oxygen atoms in total. The number of carbonyl (C=O) groups is 3. The third-order valence-electron chi connectivity index (χ3n) is 6.40. The van der Waals surface area contributed by atoms with Crippen LogP contribution in [-0.4, -0.2) is 64.9 Å². The number of ether oxygens (including phenoxy) is 1. The third-order valence-corrected chi connectivity index (χ3v) is 6.40. The fourth-order valence-electron chi connectivity index (χ4n) is 4.50. The van der Waals surface area contributed by atoms with E-state index in [0.717, 1.165) is 22.6 Å². The summed E-state index contributed by atoms with van der Waals surface area (Å²) in [7, 11) is 0. The average Bonchev–Trinajstić information content (AvgIpc) is 3.25. The molecule has 2 amide bonds.